The van der Waals surface area contributed by atoms with Crippen molar-refractivity contribution in [3.05, 3.63) is 77.4 Å². The van der Waals surface area contributed by atoms with E-state index in [4.69, 9.17) is 0 Å². The van der Waals surface area contributed by atoms with Crippen LogP contribution >= 0.6 is 0 Å². The average Bonchev–Trinajstić information content (AvgIpc) is 2.73. The maximum Gasteiger partial charge on any atom is 0.573 e. The van der Waals surface area contributed by atoms with E-state index in [1.807, 2.05) is 37.3 Å². The number of piperazine rings is 1. The minimum absolute atomic E-state index is 0.276. The molecule has 1 unspecified atom stereocenters. The zero-order valence-corrected chi connectivity index (χ0v) is 16.6. The van der Waals surface area contributed by atoms with Crippen LogP contribution in [0.25, 0.3) is 10.8 Å². The number of benzene rings is 3. The Kier molecular flexibility index (Phi) is 5.31. The molecule has 31 heavy (non-hydrogen) atoms. The van der Waals surface area contributed by atoms with E-state index in [1.54, 1.807) is 6.07 Å². The molecule has 0 aromatic heterocycles. The lowest BCUT2D eigenvalue weighted by molar-refractivity contribution is -0.274. The number of nitrogens with zero attached hydrogens (tertiary/aromatic N) is 1. The van der Waals surface area contributed by atoms with Gasteiger partial charge >= 0.3 is 6.36 Å². The molecule has 0 spiro atoms. The van der Waals surface area contributed by atoms with E-state index in [0.717, 1.165) is 28.5 Å². The molecule has 1 fully saturated rings. The summed E-state index contributed by atoms with van der Waals surface area (Å²) in [4.78, 5) is 27.6. The van der Waals surface area contributed by atoms with E-state index in [2.05, 4.69) is 10.1 Å². The molecule has 1 atom stereocenters. The summed E-state index contributed by atoms with van der Waals surface area (Å²) in [5, 5.41) is 4.45. The predicted molar refractivity (Wildman–Crippen MR) is 109 cm³/mol. The Labute approximate surface area is 176 Å². The molecule has 2 amide bonds. The molecular formula is C23H19F3N2O3. The third kappa shape index (κ3) is 4.19. The predicted octanol–water partition coefficient (Wildman–Crippen LogP) is 4.36. The highest BCUT2D eigenvalue weighted by molar-refractivity contribution is 6.09. The van der Waals surface area contributed by atoms with Gasteiger partial charge in [0, 0.05) is 18.7 Å². The Morgan fingerprint density at radius 3 is 2.39 bits per heavy atom. The second-order valence-corrected chi connectivity index (χ2v) is 7.28. The van der Waals surface area contributed by atoms with Crippen molar-refractivity contribution >= 4 is 22.6 Å². The topological polar surface area (TPSA) is 58.6 Å². The van der Waals surface area contributed by atoms with Crippen molar-refractivity contribution in [2.45, 2.75) is 19.3 Å². The van der Waals surface area contributed by atoms with Gasteiger partial charge in [0.1, 0.15) is 11.8 Å². The van der Waals surface area contributed by atoms with Gasteiger partial charge in [0.25, 0.3) is 5.91 Å². The molecule has 1 aliphatic heterocycles. The number of hydrogen-bond donors (Lipinski definition) is 1. The van der Waals surface area contributed by atoms with Gasteiger partial charge in [-0.3, -0.25) is 9.59 Å². The largest absolute Gasteiger partial charge is 0.573 e. The van der Waals surface area contributed by atoms with Crippen molar-refractivity contribution in [1.29, 1.82) is 0 Å². The Hall–Kier alpha value is -3.55. The summed E-state index contributed by atoms with van der Waals surface area (Å²) in [6.07, 6.45) is -4.81. The molecule has 1 aliphatic rings. The lowest BCUT2D eigenvalue weighted by atomic mass is 9.97. The minimum Gasteiger partial charge on any atom is -0.406 e. The molecule has 160 valence electrons. The number of nitrogens with one attached hydrogen (secondary N) is 1. The van der Waals surface area contributed by atoms with Crippen LogP contribution in [0.15, 0.2) is 60.7 Å². The van der Waals surface area contributed by atoms with Gasteiger partial charge in [-0.2, -0.15) is 0 Å². The fourth-order valence-electron chi connectivity index (χ4n) is 3.86. The lowest BCUT2D eigenvalue weighted by Gasteiger charge is -2.35. The molecule has 1 N–H and O–H groups in total. The van der Waals surface area contributed by atoms with Crippen molar-refractivity contribution in [3.63, 3.8) is 0 Å². The summed E-state index contributed by atoms with van der Waals surface area (Å²) < 4.78 is 41.2. The van der Waals surface area contributed by atoms with Gasteiger partial charge in [0.05, 0.1) is 0 Å². The van der Waals surface area contributed by atoms with Crippen LogP contribution < -0.4 is 10.1 Å². The number of amides is 2. The second-order valence-electron chi connectivity index (χ2n) is 7.28. The van der Waals surface area contributed by atoms with Crippen molar-refractivity contribution in [2.24, 2.45) is 0 Å². The van der Waals surface area contributed by atoms with E-state index in [9.17, 15) is 22.8 Å². The number of aryl methyl sites for hydroxylation is 1. The van der Waals surface area contributed by atoms with E-state index in [1.165, 1.54) is 17.0 Å². The third-order valence-corrected chi connectivity index (χ3v) is 5.27. The summed E-state index contributed by atoms with van der Waals surface area (Å²) in [5.41, 5.74) is 1.90. The molecule has 0 radical (unpaired) electrons. The standard InChI is InChI=1S/C23H19F3N2O3/c1-14-6-11-19(18-5-3-2-4-17(14)18)22(30)28-13-12-27-21(29)20(28)15-7-9-16(10-8-15)31-23(24,25)26/h2-11,20H,12-13H2,1H3,(H,27,29). The van der Waals surface area contributed by atoms with E-state index < -0.39 is 18.2 Å². The first-order chi connectivity index (χ1) is 14.7. The zero-order valence-electron chi connectivity index (χ0n) is 16.6. The van der Waals surface area contributed by atoms with Crippen molar-refractivity contribution < 1.29 is 27.5 Å². The first-order valence-corrected chi connectivity index (χ1v) is 9.67. The highest BCUT2D eigenvalue weighted by Crippen LogP contribution is 2.31. The van der Waals surface area contributed by atoms with E-state index >= 15 is 0 Å². The zero-order chi connectivity index (χ0) is 22.2. The molecule has 3 aromatic rings. The Balaban J connectivity index is 1.70. The van der Waals surface area contributed by atoms with Gasteiger partial charge in [-0.05, 0) is 47.0 Å². The smallest absolute Gasteiger partial charge is 0.406 e. The maximum absolute atomic E-state index is 13.5. The van der Waals surface area contributed by atoms with Crippen molar-refractivity contribution in [2.75, 3.05) is 13.1 Å². The molecule has 8 heteroatoms. The average molecular weight is 428 g/mol. The van der Waals surface area contributed by atoms with Gasteiger partial charge in [-0.15, -0.1) is 13.2 Å². The maximum atomic E-state index is 13.5. The lowest BCUT2D eigenvalue weighted by Crippen LogP contribution is -2.52. The number of ether oxygens (including phenoxy) is 1. The Bertz CT molecular complexity index is 1140. The highest BCUT2D eigenvalue weighted by atomic mass is 19.4. The van der Waals surface area contributed by atoms with Crippen LogP contribution in [-0.4, -0.2) is 36.2 Å². The van der Waals surface area contributed by atoms with E-state index in [-0.39, 0.29) is 18.4 Å². The number of carbonyl (C=O) groups is 2. The SMILES string of the molecule is Cc1ccc(C(=O)N2CCNC(=O)C2c2ccc(OC(F)(F)F)cc2)c2ccccc12. The van der Waals surface area contributed by atoms with Gasteiger partial charge < -0.3 is 15.0 Å². The molecule has 4 rings (SSSR count). The number of fused-ring (bicyclic) bond motifs is 1. The first-order valence-electron chi connectivity index (χ1n) is 9.67. The number of halogens is 3. The molecular weight excluding hydrogens is 409 g/mol. The molecule has 1 heterocycles. The van der Waals surface area contributed by atoms with Crippen LogP contribution in [0, 0.1) is 6.92 Å². The van der Waals surface area contributed by atoms with Crippen molar-refractivity contribution in [1.82, 2.24) is 10.2 Å². The monoisotopic (exact) mass is 428 g/mol. The summed E-state index contributed by atoms with van der Waals surface area (Å²) in [7, 11) is 0. The normalized spacial score (nSPS) is 16.8. The summed E-state index contributed by atoms with van der Waals surface area (Å²) in [6.45, 7) is 2.52. The first kappa shape index (κ1) is 20.7. The molecule has 5 nitrogen and oxygen atoms in total. The number of alkyl halides is 3. The van der Waals surface area contributed by atoms with Crippen LogP contribution in [0.3, 0.4) is 0 Å². The molecule has 0 aliphatic carbocycles. The Morgan fingerprint density at radius 2 is 1.71 bits per heavy atom. The fraction of sp³-hybridized carbons (Fsp3) is 0.217. The minimum atomic E-state index is -4.81. The second kappa shape index (κ2) is 7.94. The quantitative estimate of drug-likeness (QED) is 0.675. The van der Waals surface area contributed by atoms with Crippen LogP contribution in [-0.2, 0) is 4.79 Å². The fourth-order valence-corrected chi connectivity index (χ4v) is 3.86. The summed E-state index contributed by atoms with van der Waals surface area (Å²) >= 11 is 0. The number of hydrogen-bond acceptors (Lipinski definition) is 3. The summed E-state index contributed by atoms with van der Waals surface area (Å²) in [6, 6.07) is 15.2. The third-order valence-electron chi connectivity index (χ3n) is 5.27. The van der Waals surface area contributed by atoms with Gasteiger partial charge in [-0.25, -0.2) is 0 Å². The van der Waals surface area contributed by atoms with Crippen molar-refractivity contribution in [3.8, 4) is 5.75 Å². The molecule has 3 aromatic carbocycles. The molecule has 1 saturated heterocycles. The Morgan fingerprint density at radius 1 is 1.03 bits per heavy atom. The highest BCUT2D eigenvalue weighted by Gasteiger charge is 2.36. The van der Waals surface area contributed by atoms with Gasteiger partial charge in [0.2, 0.25) is 5.91 Å². The molecule has 0 bridgehead atoms. The summed E-state index contributed by atoms with van der Waals surface area (Å²) in [5.74, 6) is -1.10. The van der Waals surface area contributed by atoms with Gasteiger partial charge in [0.15, 0.2) is 0 Å². The number of rotatable bonds is 3. The van der Waals surface area contributed by atoms with Crippen LogP contribution in [0.2, 0.25) is 0 Å². The number of carbonyl (C=O) groups excluding carboxylic acids is 2. The van der Waals surface area contributed by atoms with Crippen LogP contribution in [0.4, 0.5) is 13.2 Å². The van der Waals surface area contributed by atoms with Gasteiger partial charge in [-0.1, -0.05) is 42.5 Å². The van der Waals surface area contributed by atoms with E-state index in [0.29, 0.717) is 17.7 Å². The molecule has 0 saturated carbocycles. The van der Waals surface area contributed by atoms with Crippen LogP contribution in [0.5, 0.6) is 5.75 Å². The van der Waals surface area contributed by atoms with Crippen LogP contribution in [0.1, 0.15) is 27.5 Å².